The predicted octanol–water partition coefficient (Wildman–Crippen LogP) is 5.03. The third-order valence-corrected chi connectivity index (χ3v) is 3.54. The molecule has 0 saturated carbocycles. The second-order valence-electron chi connectivity index (χ2n) is 3.55. The number of hydrogen-bond donors (Lipinski definition) is 0. The van der Waals surface area contributed by atoms with Crippen LogP contribution in [0.5, 0.6) is 0 Å². The molecule has 0 radical (unpaired) electrons. The van der Waals surface area contributed by atoms with Gasteiger partial charge in [0.05, 0.1) is 18.2 Å². The summed E-state index contributed by atoms with van der Waals surface area (Å²) in [7, 11) is -4.14. The first-order valence-corrected chi connectivity index (χ1v) is 8.20. The topological polar surface area (TPSA) is 63.2 Å². The lowest BCUT2D eigenvalue weighted by Gasteiger charge is -2.17. The monoisotopic (exact) mass is 356 g/mol. The summed E-state index contributed by atoms with van der Waals surface area (Å²) in [6.45, 7) is 7.17. The fourth-order valence-electron chi connectivity index (χ4n) is 1.18. The van der Waals surface area contributed by atoms with Crippen molar-refractivity contribution >= 4 is 36.8 Å². The summed E-state index contributed by atoms with van der Waals surface area (Å²) in [6.07, 6.45) is 0. The van der Waals surface area contributed by atoms with Crippen molar-refractivity contribution < 1.29 is 28.2 Å². The van der Waals surface area contributed by atoms with Gasteiger partial charge in [-0.25, -0.2) is 14.3 Å². The summed E-state index contributed by atoms with van der Waals surface area (Å²) in [4.78, 5) is 9.19. The molecule has 0 bridgehead atoms. The number of phosphoric acid groups is 1. The summed E-state index contributed by atoms with van der Waals surface area (Å²) in [5, 5.41) is 0.711. The largest absolute Gasteiger partial charge is 0.585 e. The zero-order chi connectivity index (χ0) is 15.9. The summed E-state index contributed by atoms with van der Waals surface area (Å²) in [6, 6.07) is 4.62. The van der Waals surface area contributed by atoms with E-state index in [-0.39, 0.29) is 24.0 Å². The first kappa shape index (κ1) is 18.5. The molecule has 0 atom stereocenters. The van der Waals surface area contributed by atoms with Crippen molar-refractivity contribution in [3.63, 3.8) is 0 Å². The van der Waals surface area contributed by atoms with Gasteiger partial charge in [-0.2, -0.15) is 0 Å². The van der Waals surface area contributed by atoms with Crippen LogP contribution < -0.4 is 0 Å². The zero-order valence-corrected chi connectivity index (χ0v) is 13.9. The van der Waals surface area contributed by atoms with Crippen molar-refractivity contribution in [2.24, 2.45) is 0 Å². The number of halogens is 2. The molecule has 0 spiro atoms. The van der Waals surface area contributed by atoms with Crippen LogP contribution in [0.2, 0.25) is 10.0 Å². The standard InChI is InChI=1S/C12H15Cl2O6P/c1-4-16-19-21(15,20-17-5-2)18-9(3)11-7-6-10(13)8-12(11)14/h6-8H,3-5H2,1-2H3. The Balaban J connectivity index is 2.86. The average molecular weight is 357 g/mol. The highest BCUT2D eigenvalue weighted by atomic mass is 35.5. The highest BCUT2D eigenvalue weighted by molar-refractivity contribution is 7.48. The van der Waals surface area contributed by atoms with E-state index in [4.69, 9.17) is 27.7 Å². The molecular weight excluding hydrogens is 342 g/mol. The molecule has 0 unspecified atom stereocenters. The van der Waals surface area contributed by atoms with Crippen LogP contribution in [0, 0.1) is 0 Å². The summed E-state index contributed by atoms with van der Waals surface area (Å²) in [5.74, 6) is -0.0422. The van der Waals surface area contributed by atoms with Gasteiger partial charge >= 0.3 is 7.82 Å². The molecule has 0 aliphatic heterocycles. The van der Waals surface area contributed by atoms with Gasteiger partial charge in [0.2, 0.25) is 0 Å². The molecule has 0 saturated heterocycles. The SMILES string of the molecule is C=C(OP(=O)(OOCC)OOCC)c1ccc(Cl)cc1Cl. The van der Waals surface area contributed by atoms with Gasteiger partial charge < -0.3 is 4.52 Å². The second-order valence-corrected chi connectivity index (χ2v) is 5.77. The maximum absolute atomic E-state index is 12.2. The Bertz CT molecular complexity index is 524. The lowest BCUT2D eigenvalue weighted by atomic mass is 10.2. The molecule has 0 aliphatic carbocycles. The van der Waals surface area contributed by atoms with Crippen LogP contribution in [-0.2, 0) is 28.2 Å². The van der Waals surface area contributed by atoms with Crippen LogP contribution >= 0.6 is 31.0 Å². The van der Waals surface area contributed by atoms with E-state index in [0.717, 1.165) is 0 Å². The van der Waals surface area contributed by atoms with E-state index in [1.54, 1.807) is 26.0 Å². The Kier molecular flexibility index (Phi) is 7.70. The molecule has 9 heteroatoms. The Morgan fingerprint density at radius 3 is 2.24 bits per heavy atom. The van der Waals surface area contributed by atoms with Crippen molar-refractivity contribution in [2.75, 3.05) is 13.2 Å². The molecule has 0 aromatic heterocycles. The highest BCUT2D eigenvalue weighted by Gasteiger charge is 2.33. The van der Waals surface area contributed by atoms with Gasteiger partial charge in [-0.1, -0.05) is 29.8 Å². The van der Waals surface area contributed by atoms with Crippen LogP contribution in [0.15, 0.2) is 24.8 Å². The minimum atomic E-state index is -4.14. The molecule has 21 heavy (non-hydrogen) atoms. The molecule has 118 valence electrons. The van der Waals surface area contributed by atoms with Crippen LogP contribution in [0.25, 0.3) is 5.76 Å². The number of rotatable bonds is 9. The summed E-state index contributed by atoms with van der Waals surface area (Å²) in [5.41, 5.74) is 0.376. The minimum absolute atomic E-state index is 0.0422. The fourth-order valence-corrected chi connectivity index (χ4v) is 2.61. The summed E-state index contributed by atoms with van der Waals surface area (Å²) < 4.78 is 26.5. The van der Waals surface area contributed by atoms with Gasteiger partial charge in [0.25, 0.3) is 0 Å². The molecule has 0 heterocycles. The molecule has 0 amide bonds. The molecule has 0 fully saturated rings. The van der Waals surface area contributed by atoms with Gasteiger partial charge in [0, 0.05) is 10.6 Å². The van der Waals surface area contributed by atoms with Crippen molar-refractivity contribution in [1.29, 1.82) is 0 Å². The first-order chi connectivity index (χ1) is 9.91. The number of benzene rings is 1. The number of hydrogen-bond acceptors (Lipinski definition) is 6. The Morgan fingerprint density at radius 2 is 1.76 bits per heavy atom. The Labute approximate surface area is 133 Å². The van der Waals surface area contributed by atoms with E-state index in [1.807, 2.05) is 0 Å². The van der Waals surface area contributed by atoms with E-state index < -0.39 is 7.82 Å². The van der Waals surface area contributed by atoms with Crippen molar-refractivity contribution in [1.82, 2.24) is 0 Å². The van der Waals surface area contributed by atoms with Crippen LogP contribution in [-0.4, -0.2) is 13.2 Å². The first-order valence-electron chi connectivity index (χ1n) is 5.98. The van der Waals surface area contributed by atoms with Gasteiger partial charge in [0.15, 0.2) is 0 Å². The summed E-state index contributed by atoms with van der Waals surface area (Å²) >= 11 is 11.8. The lowest BCUT2D eigenvalue weighted by molar-refractivity contribution is -0.275. The van der Waals surface area contributed by atoms with Crippen LogP contribution in [0.4, 0.5) is 0 Å². The van der Waals surface area contributed by atoms with E-state index in [0.29, 0.717) is 10.6 Å². The quantitative estimate of drug-likeness (QED) is 0.267. The van der Waals surface area contributed by atoms with Gasteiger partial charge in [-0.15, -0.1) is 9.35 Å². The third kappa shape index (κ3) is 5.96. The second kappa shape index (κ2) is 8.76. The minimum Gasteiger partial charge on any atom is -0.401 e. The molecule has 1 aromatic carbocycles. The molecular formula is C12H15Cl2O6P. The van der Waals surface area contributed by atoms with E-state index >= 15 is 0 Å². The molecule has 6 nitrogen and oxygen atoms in total. The maximum Gasteiger partial charge on any atom is 0.585 e. The smallest absolute Gasteiger partial charge is 0.401 e. The van der Waals surface area contributed by atoms with Crippen molar-refractivity contribution in [3.8, 4) is 0 Å². The van der Waals surface area contributed by atoms with Gasteiger partial charge in [-0.05, 0) is 32.0 Å². The Morgan fingerprint density at radius 1 is 1.19 bits per heavy atom. The fraction of sp³-hybridized carbons (Fsp3) is 0.333. The van der Waals surface area contributed by atoms with Gasteiger partial charge in [-0.3, -0.25) is 0 Å². The predicted molar refractivity (Wildman–Crippen MR) is 79.6 cm³/mol. The molecule has 0 N–H and O–H groups in total. The molecule has 0 aliphatic rings. The van der Waals surface area contributed by atoms with E-state index in [2.05, 4.69) is 25.7 Å². The van der Waals surface area contributed by atoms with E-state index in [9.17, 15) is 4.57 Å². The van der Waals surface area contributed by atoms with Crippen molar-refractivity contribution in [3.05, 3.63) is 40.4 Å². The third-order valence-electron chi connectivity index (χ3n) is 1.98. The van der Waals surface area contributed by atoms with Gasteiger partial charge in [0.1, 0.15) is 5.76 Å². The maximum atomic E-state index is 12.2. The van der Waals surface area contributed by atoms with Crippen LogP contribution in [0.1, 0.15) is 19.4 Å². The zero-order valence-electron chi connectivity index (χ0n) is 11.5. The van der Waals surface area contributed by atoms with Crippen LogP contribution in [0.3, 0.4) is 0 Å². The lowest BCUT2D eigenvalue weighted by Crippen LogP contribution is -2.02. The van der Waals surface area contributed by atoms with E-state index in [1.165, 1.54) is 6.07 Å². The molecule has 1 aromatic rings. The molecule has 1 rings (SSSR count). The average Bonchev–Trinajstić information content (AvgIpc) is 2.43. The van der Waals surface area contributed by atoms with Crippen molar-refractivity contribution in [2.45, 2.75) is 13.8 Å². The highest BCUT2D eigenvalue weighted by Crippen LogP contribution is 2.53. The normalized spacial score (nSPS) is 11.4. The Hall–Kier alpha value is -0.590.